The molecule has 0 fully saturated rings. The lowest BCUT2D eigenvalue weighted by Crippen LogP contribution is -2.17. The molecular formula is C13H14BrN3. The van der Waals surface area contributed by atoms with Gasteiger partial charge in [-0.05, 0) is 58.7 Å². The first kappa shape index (κ1) is 12.2. The van der Waals surface area contributed by atoms with Gasteiger partial charge in [0.1, 0.15) is 4.60 Å². The molecule has 0 bridgehead atoms. The zero-order valence-electron chi connectivity index (χ0n) is 9.44. The molecule has 17 heavy (non-hydrogen) atoms. The Labute approximate surface area is 109 Å². The van der Waals surface area contributed by atoms with Crippen LogP contribution in [0.1, 0.15) is 11.3 Å². The summed E-state index contributed by atoms with van der Waals surface area (Å²) < 4.78 is 0.880. The van der Waals surface area contributed by atoms with Gasteiger partial charge in [-0.15, -0.1) is 0 Å². The fraction of sp³-hybridized carbons (Fsp3) is 0.231. The number of nitrogens with one attached hydrogen (secondary N) is 1. The van der Waals surface area contributed by atoms with Crippen molar-refractivity contribution in [1.82, 2.24) is 15.3 Å². The molecule has 2 aromatic heterocycles. The van der Waals surface area contributed by atoms with E-state index in [1.54, 1.807) is 0 Å². The fourth-order valence-corrected chi connectivity index (χ4v) is 1.93. The Hall–Kier alpha value is -1.26. The molecule has 0 spiro atoms. The Morgan fingerprint density at radius 1 is 1.12 bits per heavy atom. The molecule has 88 valence electrons. The topological polar surface area (TPSA) is 37.8 Å². The van der Waals surface area contributed by atoms with E-state index in [9.17, 15) is 0 Å². The molecule has 1 N–H and O–H groups in total. The van der Waals surface area contributed by atoms with Crippen LogP contribution in [0, 0.1) is 0 Å². The van der Waals surface area contributed by atoms with Gasteiger partial charge >= 0.3 is 0 Å². The predicted molar refractivity (Wildman–Crippen MR) is 71.6 cm³/mol. The van der Waals surface area contributed by atoms with Gasteiger partial charge < -0.3 is 5.32 Å². The monoisotopic (exact) mass is 291 g/mol. The van der Waals surface area contributed by atoms with Gasteiger partial charge in [-0.25, -0.2) is 4.98 Å². The van der Waals surface area contributed by atoms with Gasteiger partial charge in [-0.1, -0.05) is 6.07 Å². The van der Waals surface area contributed by atoms with E-state index < -0.39 is 0 Å². The molecule has 0 unspecified atom stereocenters. The summed E-state index contributed by atoms with van der Waals surface area (Å²) in [4.78, 5) is 8.36. The lowest BCUT2D eigenvalue weighted by molar-refractivity contribution is 0.673. The Bertz CT molecular complexity index is 459. The zero-order chi connectivity index (χ0) is 11.9. The fourth-order valence-electron chi connectivity index (χ4n) is 1.55. The number of nitrogens with zero attached hydrogens (tertiary/aromatic N) is 2. The van der Waals surface area contributed by atoms with Crippen molar-refractivity contribution in [2.24, 2.45) is 0 Å². The van der Waals surface area contributed by atoms with E-state index in [0.717, 1.165) is 29.8 Å². The molecule has 0 aliphatic rings. The van der Waals surface area contributed by atoms with Crippen molar-refractivity contribution in [3.05, 3.63) is 58.6 Å². The van der Waals surface area contributed by atoms with Gasteiger partial charge in [-0.2, -0.15) is 0 Å². The molecule has 4 heteroatoms. The van der Waals surface area contributed by atoms with Crippen LogP contribution in [0.4, 0.5) is 0 Å². The SMILES string of the molecule is Brc1cccc(CNCCc2ccncc2)n1. The summed E-state index contributed by atoms with van der Waals surface area (Å²) in [7, 11) is 0. The van der Waals surface area contributed by atoms with Crippen LogP contribution >= 0.6 is 15.9 Å². The number of halogens is 1. The van der Waals surface area contributed by atoms with Crippen LogP contribution in [-0.2, 0) is 13.0 Å². The molecule has 0 aliphatic carbocycles. The minimum Gasteiger partial charge on any atom is -0.311 e. The van der Waals surface area contributed by atoms with E-state index in [1.807, 2.05) is 42.7 Å². The molecule has 2 aromatic rings. The average molecular weight is 292 g/mol. The summed E-state index contributed by atoms with van der Waals surface area (Å²) in [5.74, 6) is 0. The van der Waals surface area contributed by atoms with Gasteiger partial charge in [0.05, 0.1) is 5.69 Å². The van der Waals surface area contributed by atoms with E-state index in [-0.39, 0.29) is 0 Å². The summed E-state index contributed by atoms with van der Waals surface area (Å²) in [5.41, 5.74) is 2.35. The number of hydrogen-bond donors (Lipinski definition) is 1. The molecule has 0 atom stereocenters. The predicted octanol–water partition coefficient (Wildman–Crippen LogP) is 2.57. The highest BCUT2D eigenvalue weighted by Crippen LogP contribution is 2.05. The van der Waals surface area contributed by atoms with Gasteiger partial charge in [-0.3, -0.25) is 4.98 Å². The van der Waals surface area contributed by atoms with Crippen molar-refractivity contribution in [3.63, 3.8) is 0 Å². The smallest absolute Gasteiger partial charge is 0.106 e. The van der Waals surface area contributed by atoms with E-state index in [2.05, 4.69) is 31.2 Å². The Balaban J connectivity index is 1.73. The third-order valence-corrected chi connectivity index (χ3v) is 2.86. The second-order valence-electron chi connectivity index (χ2n) is 3.73. The van der Waals surface area contributed by atoms with E-state index in [1.165, 1.54) is 5.56 Å². The Kier molecular flexibility index (Phi) is 4.64. The maximum absolute atomic E-state index is 4.36. The number of hydrogen-bond acceptors (Lipinski definition) is 3. The average Bonchev–Trinajstić information content (AvgIpc) is 2.36. The molecule has 0 saturated heterocycles. The molecule has 0 aliphatic heterocycles. The molecule has 0 saturated carbocycles. The van der Waals surface area contributed by atoms with E-state index in [4.69, 9.17) is 0 Å². The van der Waals surface area contributed by atoms with E-state index in [0.29, 0.717) is 0 Å². The van der Waals surface area contributed by atoms with Crippen molar-refractivity contribution in [3.8, 4) is 0 Å². The first-order valence-corrected chi connectivity index (χ1v) is 6.35. The van der Waals surface area contributed by atoms with Crippen LogP contribution in [0.25, 0.3) is 0 Å². The Morgan fingerprint density at radius 3 is 2.71 bits per heavy atom. The summed E-state index contributed by atoms with van der Waals surface area (Å²) >= 11 is 3.36. The zero-order valence-corrected chi connectivity index (χ0v) is 11.0. The minimum atomic E-state index is 0.796. The molecule has 2 heterocycles. The first-order valence-electron chi connectivity index (χ1n) is 5.55. The standard InChI is InChI=1S/C13H14BrN3/c14-13-3-1-2-12(17-13)10-16-9-6-11-4-7-15-8-5-11/h1-5,7-8,16H,6,9-10H2. The maximum atomic E-state index is 4.36. The second kappa shape index (κ2) is 6.47. The first-order chi connectivity index (χ1) is 8.34. The molecule has 0 radical (unpaired) electrons. The van der Waals surface area contributed by atoms with Gasteiger partial charge in [0, 0.05) is 18.9 Å². The molecule has 0 aromatic carbocycles. The van der Waals surface area contributed by atoms with Crippen LogP contribution in [0.15, 0.2) is 47.3 Å². The van der Waals surface area contributed by atoms with Gasteiger partial charge in [0.25, 0.3) is 0 Å². The Morgan fingerprint density at radius 2 is 1.94 bits per heavy atom. The van der Waals surface area contributed by atoms with Gasteiger partial charge in [0.2, 0.25) is 0 Å². The van der Waals surface area contributed by atoms with Crippen molar-refractivity contribution in [1.29, 1.82) is 0 Å². The van der Waals surface area contributed by atoms with Crippen molar-refractivity contribution in [2.45, 2.75) is 13.0 Å². The molecule has 3 nitrogen and oxygen atoms in total. The molecule has 0 amide bonds. The quantitative estimate of drug-likeness (QED) is 0.680. The van der Waals surface area contributed by atoms with Crippen LogP contribution in [0.5, 0.6) is 0 Å². The lowest BCUT2D eigenvalue weighted by atomic mass is 10.2. The maximum Gasteiger partial charge on any atom is 0.106 e. The van der Waals surface area contributed by atoms with Crippen LogP contribution in [0.2, 0.25) is 0 Å². The summed E-state index contributed by atoms with van der Waals surface area (Å²) in [6.07, 6.45) is 4.66. The normalized spacial score (nSPS) is 10.4. The van der Waals surface area contributed by atoms with Crippen LogP contribution in [0.3, 0.4) is 0 Å². The highest BCUT2D eigenvalue weighted by Gasteiger charge is 1.96. The van der Waals surface area contributed by atoms with Crippen LogP contribution < -0.4 is 5.32 Å². The van der Waals surface area contributed by atoms with Gasteiger partial charge in [0.15, 0.2) is 0 Å². The van der Waals surface area contributed by atoms with E-state index >= 15 is 0 Å². The third kappa shape index (κ3) is 4.24. The lowest BCUT2D eigenvalue weighted by Gasteiger charge is -2.04. The summed E-state index contributed by atoms with van der Waals surface area (Å²) in [6, 6.07) is 10.0. The number of rotatable bonds is 5. The molecular weight excluding hydrogens is 278 g/mol. The van der Waals surface area contributed by atoms with Crippen LogP contribution in [-0.4, -0.2) is 16.5 Å². The highest BCUT2D eigenvalue weighted by molar-refractivity contribution is 9.10. The largest absolute Gasteiger partial charge is 0.311 e. The highest BCUT2D eigenvalue weighted by atomic mass is 79.9. The number of aromatic nitrogens is 2. The number of pyridine rings is 2. The summed E-state index contributed by atoms with van der Waals surface area (Å²) in [6.45, 7) is 1.74. The third-order valence-electron chi connectivity index (χ3n) is 2.42. The molecule has 2 rings (SSSR count). The van der Waals surface area contributed by atoms with Crippen molar-refractivity contribution < 1.29 is 0 Å². The van der Waals surface area contributed by atoms with Crippen molar-refractivity contribution >= 4 is 15.9 Å². The summed E-state index contributed by atoms with van der Waals surface area (Å²) in [5, 5.41) is 3.37. The van der Waals surface area contributed by atoms with Crippen molar-refractivity contribution in [2.75, 3.05) is 6.54 Å². The second-order valence-corrected chi connectivity index (χ2v) is 4.55. The minimum absolute atomic E-state index is 0.796.